The Balaban J connectivity index is 1.48. The number of carbonyl (C=O) groups is 1. The molecule has 1 aromatic heterocycles. The van der Waals surface area contributed by atoms with E-state index in [4.69, 9.17) is 0 Å². The van der Waals surface area contributed by atoms with E-state index in [2.05, 4.69) is 10.2 Å². The number of carbonyl (C=O) groups excluding carboxylic acids is 1. The van der Waals surface area contributed by atoms with Crippen LogP contribution in [0.15, 0.2) is 30.6 Å². The first-order valence-corrected chi connectivity index (χ1v) is 10.7. The zero-order valence-corrected chi connectivity index (χ0v) is 16.9. The number of amides is 1. The Kier molecular flexibility index (Phi) is 6.11. The van der Waals surface area contributed by atoms with E-state index in [1.165, 1.54) is 42.6 Å². The van der Waals surface area contributed by atoms with Crippen molar-refractivity contribution in [2.45, 2.75) is 69.9 Å². The second-order valence-electron chi connectivity index (χ2n) is 8.58. The predicted octanol–water partition coefficient (Wildman–Crippen LogP) is 4.73. The average Bonchev–Trinajstić information content (AvgIpc) is 3.32. The third-order valence-corrected chi connectivity index (χ3v) is 6.29. The van der Waals surface area contributed by atoms with Crippen LogP contribution in [0.5, 0.6) is 0 Å². The number of likely N-dealkylation sites (tertiary alicyclic amines) is 1. The van der Waals surface area contributed by atoms with Gasteiger partial charge in [-0.3, -0.25) is 4.79 Å². The molecule has 2 aromatic rings. The quantitative estimate of drug-likeness (QED) is 0.679. The standard InChI is InChI=1S/C22H27F3N4O/c23-18-9-6-17(7-10-18)13-28-15-26-27-21(28)19-12-22(24,25)14-29(19)20(30)11-8-16-4-2-1-3-5-16/h6-7,9-10,15-16,19H,1-5,8,11-14H2/t19-/m0/s1. The SMILES string of the molecule is O=C(CCC1CCCCC1)N1CC(F)(F)C[C@H]1c1nncn1Cc1ccc(F)cc1. The fraction of sp³-hybridized carbons (Fsp3) is 0.591. The van der Waals surface area contributed by atoms with Crippen molar-refractivity contribution in [2.24, 2.45) is 5.92 Å². The second kappa shape index (κ2) is 8.78. The summed E-state index contributed by atoms with van der Waals surface area (Å²) < 4.78 is 43.4. The van der Waals surface area contributed by atoms with Crippen LogP contribution in [-0.2, 0) is 11.3 Å². The third-order valence-electron chi connectivity index (χ3n) is 6.29. The largest absolute Gasteiger partial charge is 0.326 e. The van der Waals surface area contributed by atoms with Crippen molar-refractivity contribution >= 4 is 5.91 Å². The highest BCUT2D eigenvalue weighted by atomic mass is 19.3. The molecule has 0 radical (unpaired) electrons. The first-order chi connectivity index (χ1) is 14.4. The summed E-state index contributed by atoms with van der Waals surface area (Å²) in [6.07, 6.45) is 7.95. The lowest BCUT2D eigenvalue weighted by Gasteiger charge is -2.26. The van der Waals surface area contributed by atoms with Gasteiger partial charge in [0.2, 0.25) is 5.91 Å². The van der Waals surface area contributed by atoms with Crippen LogP contribution in [0.3, 0.4) is 0 Å². The Hall–Kier alpha value is -2.38. The van der Waals surface area contributed by atoms with Crippen LogP contribution < -0.4 is 0 Å². The van der Waals surface area contributed by atoms with Crippen LogP contribution >= 0.6 is 0 Å². The van der Waals surface area contributed by atoms with Gasteiger partial charge in [0.1, 0.15) is 12.1 Å². The van der Waals surface area contributed by atoms with Crippen molar-refractivity contribution in [3.63, 3.8) is 0 Å². The molecule has 1 amide bonds. The molecule has 1 aliphatic carbocycles. The summed E-state index contributed by atoms with van der Waals surface area (Å²) in [4.78, 5) is 14.2. The number of nitrogens with zero attached hydrogens (tertiary/aromatic N) is 4. The Morgan fingerprint density at radius 3 is 2.60 bits per heavy atom. The zero-order chi connectivity index (χ0) is 21.1. The van der Waals surface area contributed by atoms with Gasteiger partial charge in [0.05, 0.1) is 19.1 Å². The van der Waals surface area contributed by atoms with Gasteiger partial charge in [-0.05, 0) is 30.0 Å². The fourth-order valence-electron chi connectivity index (χ4n) is 4.69. The van der Waals surface area contributed by atoms with Crippen molar-refractivity contribution < 1.29 is 18.0 Å². The number of aromatic nitrogens is 3. The Labute approximate surface area is 174 Å². The molecule has 0 bridgehead atoms. The van der Waals surface area contributed by atoms with Crippen LogP contribution in [0.4, 0.5) is 13.2 Å². The molecule has 1 aromatic carbocycles. The lowest BCUT2D eigenvalue weighted by molar-refractivity contribution is -0.133. The van der Waals surface area contributed by atoms with E-state index in [1.807, 2.05) is 0 Å². The van der Waals surface area contributed by atoms with Crippen LogP contribution in [0, 0.1) is 11.7 Å². The van der Waals surface area contributed by atoms with Crippen LogP contribution in [0.25, 0.3) is 0 Å². The normalized spacial score (nSPS) is 21.8. The molecule has 162 valence electrons. The summed E-state index contributed by atoms with van der Waals surface area (Å²) in [6.45, 7) is -0.251. The summed E-state index contributed by atoms with van der Waals surface area (Å²) in [7, 11) is 0. The molecular weight excluding hydrogens is 393 g/mol. The van der Waals surface area contributed by atoms with Crippen LogP contribution in [-0.4, -0.2) is 38.0 Å². The van der Waals surface area contributed by atoms with Gasteiger partial charge in [-0.2, -0.15) is 0 Å². The van der Waals surface area contributed by atoms with Crippen molar-refractivity contribution in [3.05, 3.63) is 47.8 Å². The molecule has 2 fully saturated rings. The molecule has 0 unspecified atom stereocenters. The Morgan fingerprint density at radius 1 is 1.13 bits per heavy atom. The number of halogens is 3. The van der Waals surface area contributed by atoms with Crippen molar-refractivity contribution in [3.8, 4) is 0 Å². The average molecular weight is 420 g/mol. The van der Waals surface area contributed by atoms with Gasteiger partial charge in [-0.25, -0.2) is 13.2 Å². The summed E-state index contributed by atoms with van der Waals surface area (Å²) in [5, 5.41) is 7.97. The molecule has 5 nitrogen and oxygen atoms in total. The molecule has 1 aliphatic heterocycles. The van der Waals surface area contributed by atoms with Crippen LogP contribution in [0.2, 0.25) is 0 Å². The Bertz CT molecular complexity index is 862. The number of rotatable bonds is 6. The minimum Gasteiger partial charge on any atom is -0.326 e. The summed E-state index contributed by atoms with van der Waals surface area (Å²) >= 11 is 0. The molecule has 8 heteroatoms. The third kappa shape index (κ3) is 4.84. The van der Waals surface area contributed by atoms with E-state index in [0.29, 0.717) is 24.7 Å². The maximum Gasteiger partial charge on any atom is 0.267 e. The van der Waals surface area contributed by atoms with E-state index in [-0.39, 0.29) is 11.7 Å². The first kappa shape index (κ1) is 20.9. The maximum atomic E-state index is 14.3. The molecule has 1 saturated carbocycles. The minimum absolute atomic E-state index is 0.237. The molecular formula is C22H27F3N4O. The highest BCUT2D eigenvalue weighted by molar-refractivity contribution is 5.77. The van der Waals surface area contributed by atoms with Gasteiger partial charge in [0.25, 0.3) is 5.92 Å². The second-order valence-corrected chi connectivity index (χ2v) is 8.58. The number of alkyl halides is 2. The van der Waals surface area contributed by atoms with Crippen LogP contribution in [0.1, 0.15) is 68.8 Å². The van der Waals surface area contributed by atoms with E-state index < -0.39 is 24.9 Å². The summed E-state index contributed by atoms with van der Waals surface area (Å²) in [6, 6.07) is 5.17. The summed E-state index contributed by atoms with van der Waals surface area (Å²) in [5.74, 6) is -2.65. The van der Waals surface area contributed by atoms with Crippen molar-refractivity contribution in [2.75, 3.05) is 6.54 Å². The maximum absolute atomic E-state index is 14.3. The number of hydrogen-bond acceptors (Lipinski definition) is 3. The van der Waals surface area contributed by atoms with E-state index in [9.17, 15) is 18.0 Å². The predicted molar refractivity (Wildman–Crippen MR) is 105 cm³/mol. The fourth-order valence-corrected chi connectivity index (χ4v) is 4.69. The smallest absolute Gasteiger partial charge is 0.267 e. The van der Waals surface area contributed by atoms with Gasteiger partial charge in [-0.1, -0.05) is 44.2 Å². The van der Waals surface area contributed by atoms with Crippen molar-refractivity contribution in [1.82, 2.24) is 19.7 Å². The van der Waals surface area contributed by atoms with Gasteiger partial charge < -0.3 is 9.47 Å². The molecule has 4 rings (SSSR count). The van der Waals surface area contributed by atoms with Gasteiger partial charge in [0.15, 0.2) is 5.82 Å². The topological polar surface area (TPSA) is 51.0 Å². The molecule has 0 spiro atoms. The van der Waals surface area contributed by atoms with Gasteiger partial charge >= 0.3 is 0 Å². The lowest BCUT2D eigenvalue weighted by atomic mass is 9.86. The summed E-state index contributed by atoms with van der Waals surface area (Å²) in [5.41, 5.74) is 0.803. The molecule has 1 saturated heterocycles. The highest BCUT2D eigenvalue weighted by Gasteiger charge is 2.49. The highest BCUT2D eigenvalue weighted by Crippen LogP contribution is 2.41. The number of benzene rings is 1. The van der Waals surface area contributed by atoms with E-state index in [1.54, 1.807) is 16.7 Å². The van der Waals surface area contributed by atoms with Crippen molar-refractivity contribution in [1.29, 1.82) is 0 Å². The molecule has 30 heavy (non-hydrogen) atoms. The molecule has 1 atom stereocenters. The lowest BCUT2D eigenvalue weighted by Crippen LogP contribution is -2.34. The zero-order valence-electron chi connectivity index (χ0n) is 16.9. The monoisotopic (exact) mass is 420 g/mol. The molecule has 2 heterocycles. The minimum atomic E-state index is -2.95. The number of hydrogen-bond donors (Lipinski definition) is 0. The molecule has 0 N–H and O–H groups in total. The van der Waals surface area contributed by atoms with Gasteiger partial charge in [0, 0.05) is 12.8 Å². The van der Waals surface area contributed by atoms with E-state index in [0.717, 1.165) is 24.8 Å². The molecule has 2 aliphatic rings. The first-order valence-electron chi connectivity index (χ1n) is 10.7. The van der Waals surface area contributed by atoms with E-state index >= 15 is 0 Å². The Morgan fingerprint density at radius 2 is 1.87 bits per heavy atom. The van der Waals surface area contributed by atoms with Gasteiger partial charge in [-0.15, -0.1) is 10.2 Å².